The van der Waals surface area contributed by atoms with Gasteiger partial charge in [-0.3, -0.25) is 0 Å². The first-order valence-electron chi connectivity index (χ1n) is 0. The van der Waals surface area contributed by atoms with Gasteiger partial charge in [0.05, 0.1) is 0 Å². The van der Waals surface area contributed by atoms with Gasteiger partial charge in [-0.25, -0.2) is 0 Å². The van der Waals surface area contributed by atoms with Gasteiger partial charge in [-0.05, 0) is 0 Å². The minimum Gasteiger partial charge on any atom is -1.00 e. The summed E-state index contributed by atoms with van der Waals surface area (Å²) in [5.74, 6) is 0. The van der Waals surface area contributed by atoms with E-state index in [0.29, 0.717) is 0 Å². The number of rotatable bonds is 0. The Morgan fingerprint density at radius 3 is 0.500 bits per heavy atom. The maximum Gasteiger partial charge on any atom is 2.00 e. The summed E-state index contributed by atoms with van der Waals surface area (Å²) in [5, 5.41) is 0. The number of hydrogen-bond donors (Lipinski definition) is 0. The zero-order valence-electron chi connectivity index (χ0n) is 3.09. The van der Waals surface area contributed by atoms with Crippen LogP contribution in [0.5, 0.6) is 0 Å². The third kappa shape index (κ3) is 524. The Hall–Kier alpha value is 0.299. The van der Waals surface area contributed by atoms with Gasteiger partial charge >= 0.3 is 10.1 Å². The van der Waals surface area contributed by atoms with Gasteiger partial charge in [0.15, 0.2) is 0 Å². The van der Waals surface area contributed by atoms with Crippen molar-refractivity contribution in [1.29, 1.82) is 0 Å². The Morgan fingerprint density at radius 1 is 0.500 bits per heavy atom. The summed E-state index contributed by atoms with van der Waals surface area (Å²) in [7, 11) is 0. The molecule has 8 N–H and O–H groups in total. The molecular formula is H8BeClO4+. The third-order valence-corrected chi connectivity index (χ3v) is 0. The van der Waals surface area contributed by atoms with Gasteiger partial charge < -0.3 is 34.3 Å². The summed E-state index contributed by atoms with van der Waals surface area (Å²) >= 11 is 0. The molecule has 0 spiro atoms. The van der Waals surface area contributed by atoms with Crippen molar-refractivity contribution in [2.45, 2.75) is 0 Å². The number of halogens is 1. The van der Waals surface area contributed by atoms with E-state index in [1.807, 2.05) is 0 Å². The van der Waals surface area contributed by atoms with E-state index in [1.54, 1.807) is 0 Å². The molecule has 0 aliphatic rings. The summed E-state index contributed by atoms with van der Waals surface area (Å²) < 4.78 is 0. The maximum absolute atomic E-state index is 0. The molecule has 40 valence electrons. The van der Waals surface area contributed by atoms with Crippen molar-refractivity contribution in [3.05, 3.63) is 0 Å². The van der Waals surface area contributed by atoms with Crippen LogP contribution in [0.15, 0.2) is 0 Å². The summed E-state index contributed by atoms with van der Waals surface area (Å²) in [6.07, 6.45) is 0. The van der Waals surface area contributed by atoms with E-state index >= 15 is 0 Å². The van der Waals surface area contributed by atoms with Crippen molar-refractivity contribution in [3.63, 3.8) is 0 Å². The van der Waals surface area contributed by atoms with E-state index in [1.165, 1.54) is 0 Å². The standard InChI is InChI=1S/Be.ClH.4H2O/h;1H;4*1H2/q+2;;;;;/p-1. The zero-order chi connectivity index (χ0) is 0. The molecule has 0 amide bonds. The van der Waals surface area contributed by atoms with E-state index < -0.39 is 0 Å². The average molecular weight is 117 g/mol. The molecule has 0 radical (unpaired) electrons. The first-order chi connectivity index (χ1) is 0. The second-order valence-corrected chi connectivity index (χ2v) is 0. The van der Waals surface area contributed by atoms with E-state index in [2.05, 4.69) is 0 Å². The van der Waals surface area contributed by atoms with Crippen LogP contribution in [0.4, 0.5) is 0 Å². The Kier molecular flexibility index (Phi) is 362000. The van der Waals surface area contributed by atoms with Gasteiger partial charge in [0.25, 0.3) is 0 Å². The van der Waals surface area contributed by atoms with E-state index in [0.717, 1.165) is 0 Å². The molecule has 4 nitrogen and oxygen atoms in total. The minimum atomic E-state index is 0. The fourth-order valence-electron chi connectivity index (χ4n) is 0. The largest absolute Gasteiger partial charge is 2.00 e. The van der Waals surface area contributed by atoms with Gasteiger partial charge in [-0.2, -0.15) is 0 Å². The third-order valence-electron chi connectivity index (χ3n) is 0. The van der Waals surface area contributed by atoms with Crippen LogP contribution in [0.2, 0.25) is 0 Å². The van der Waals surface area contributed by atoms with Crippen LogP contribution in [0.3, 0.4) is 0 Å². The van der Waals surface area contributed by atoms with Crippen LogP contribution in [0.25, 0.3) is 0 Å². The second kappa shape index (κ2) is 1100. The molecular weight excluding hydrogens is 108 g/mol. The van der Waals surface area contributed by atoms with Crippen molar-refractivity contribution in [2.24, 2.45) is 0 Å². The molecule has 0 atom stereocenters. The first-order valence-corrected chi connectivity index (χ1v) is 0. The van der Waals surface area contributed by atoms with Crippen molar-refractivity contribution in [1.82, 2.24) is 0 Å². The van der Waals surface area contributed by atoms with Crippen LogP contribution in [0, 0.1) is 0 Å². The molecule has 0 heterocycles. The number of hydrogen-bond acceptors (Lipinski definition) is 0. The molecule has 0 aromatic carbocycles. The van der Waals surface area contributed by atoms with Crippen molar-refractivity contribution in [3.8, 4) is 0 Å². The Labute approximate surface area is 45.4 Å². The average Bonchev–Trinajstić information content (AvgIpc) is 0. The molecule has 0 aromatic heterocycles. The molecule has 0 aliphatic heterocycles. The van der Waals surface area contributed by atoms with Crippen molar-refractivity contribution < 1.29 is 34.3 Å². The monoisotopic (exact) mass is 116 g/mol. The molecule has 0 fully saturated rings. The minimum absolute atomic E-state index is 0. The van der Waals surface area contributed by atoms with Crippen LogP contribution in [-0.4, -0.2) is 32.0 Å². The molecule has 0 saturated carbocycles. The molecule has 0 saturated heterocycles. The summed E-state index contributed by atoms with van der Waals surface area (Å²) in [5.41, 5.74) is 0. The molecule has 0 bridgehead atoms. The van der Waals surface area contributed by atoms with E-state index in [4.69, 9.17) is 0 Å². The zero-order valence-corrected chi connectivity index (χ0v) is 3.84. The summed E-state index contributed by atoms with van der Waals surface area (Å²) in [6.45, 7) is 0. The van der Waals surface area contributed by atoms with Gasteiger partial charge in [0.1, 0.15) is 0 Å². The van der Waals surface area contributed by atoms with Crippen LogP contribution in [0.1, 0.15) is 0 Å². The molecule has 6 heteroatoms. The first kappa shape index (κ1) is 1980. The van der Waals surface area contributed by atoms with E-state index in [-0.39, 0.29) is 44.4 Å². The summed E-state index contributed by atoms with van der Waals surface area (Å²) in [4.78, 5) is 0. The van der Waals surface area contributed by atoms with Crippen molar-refractivity contribution >= 4 is 10.1 Å². The van der Waals surface area contributed by atoms with Gasteiger partial charge in [-0.1, -0.05) is 0 Å². The predicted octanol–water partition coefficient (Wildman–Crippen LogP) is -6.68. The van der Waals surface area contributed by atoms with Crippen molar-refractivity contribution in [2.75, 3.05) is 0 Å². The second-order valence-electron chi connectivity index (χ2n) is 0. The van der Waals surface area contributed by atoms with Gasteiger partial charge in [-0.15, -0.1) is 0 Å². The Balaban J connectivity index is 0. The van der Waals surface area contributed by atoms with Gasteiger partial charge in [0, 0.05) is 0 Å². The summed E-state index contributed by atoms with van der Waals surface area (Å²) in [6, 6.07) is 0. The normalized spacial score (nSPS) is 0. The fraction of sp³-hybridized carbons (Fsp3) is 0. The smallest absolute Gasteiger partial charge is 1.00 e. The predicted molar refractivity (Wildman–Crippen MR) is 20.2 cm³/mol. The van der Waals surface area contributed by atoms with Gasteiger partial charge in [0.2, 0.25) is 0 Å². The quantitative estimate of drug-likeness (QED) is 0.279. The Morgan fingerprint density at radius 2 is 0.500 bits per heavy atom. The van der Waals surface area contributed by atoms with E-state index in [9.17, 15) is 0 Å². The maximum atomic E-state index is 0. The SMILES string of the molecule is O.O.O.O.[Be+2].[Cl-]. The van der Waals surface area contributed by atoms with Crippen LogP contribution >= 0.6 is 0 Å². The van der Waals surface area contributed by atoms with Crippen LogP contribution in [-0.2, 0) is 0 Å². The molecule has 0 unspecified atom stereocenters. The van der Waals surface area contributed by atoms with Crippen LogP contribution < -0.4 is 12.4 Å². The molecule has 0 aliphatic carbocycles. The molecule has 6 heavy (non-hydrogen) atoms. The topological polar surface area (TPSA) is 126 Å². The molecule has 0 aromatic rings. The fourth-order valence-corrected chi connectivity index (χ4v) is 0. The Bertz CT molecular complexity index is 7.51. The molecule has 0 rings (SSSR count).